The van der Waals surface area contributed by atoms with Gasteiger partial charge in [-0.15, -0.1) is 0 Å². The summed E-state index contributed by atoms with van der Waals surface area (Å²) in [6.07, 6.45) is 4.87. The standard InChI is InChI=1S/C31H30N8O3S/c1-41-26-14-23-25(15-27(26)42-11-3-5-19-9-10-33-17-19)34-18-35-29(23)39-31-38-24-8-7-22(13-28(24)43-31)37-30(40)36-21-6-2-4-20(12-21)16-32/h2,4,6-8,12-15,18-19,33H,3,5,9-11,17H2,1H3,(H2,36,37,40)(H,34,35,38,39). The van der Waals surface area contributed by atoms with Crippen molar-refractivity contribution in [1.29, 1.82) is 5.26 Å². The number of hydrogen-bond acceptors (Lipinski definition) is 10. The van der Waals surface area contributed by atoms with Gasteiger partial charge < -0.3 is 30.7 Å². The zero-order valence-electron chi connectivity index (χ0n) is 23.5. The molecule has 0 saturated carbocycles. The van der Waals surface area contributed by atoms with Crippen LogP contribution in [0.4, 0.5) is 27.1 Å². The van der Waals surface area contributed by atoms with E-state index in [1.54, 1.807) is 37.4 Å². The number of thiazole rings is 1. The van der Waals surface area contributed by atoms with Gasteiger partial charge in [-0.1, -0.05) is 17.4 Å². The van der Waals surface area contributed by atoms with Gasteiger partial charge in [-0.3, -0.25) is 0 Å². The van der Waals surface area contributed by atoms with Crippen LogP contribution in [0.5, 0.6) is 11.5 Å². The highest BCUT2D eigenvalue weighted by molar-refractivity contribution is 7.22. The Bertz CT molecular complexity index is 1810. The average molecular weight is 595 g/mol. The van der Waals surface area contributed by atoms with E-state index in [0.717, 1.165) is 53.0 Å². The van der Waals surface area contributed by atoms with E-state index in [4.69, 9.17) is 19.7 Å². The lowest BCUT2D eigenvalue weighted by Crippen LogP contribution is -2.19. The van der Waals surface area contributed by atoms with Gasteiger partial charge in [-0.25, -0.2) is 19.7 Å². The lowest BCUT2D eigenvalue weighted by Gasteiger charge is -2.14. The highest BCUT2D eigenvalue weighted by atomic mass is 32.1. The minimum Gasteiger partial charge on any atom is -0.493 e. The Labute approximate surface area is 252 Å². The molecule has 0 bridgehead atoms. The lowest BCUT2D eigenvalue weighted by molar-refractivity contribution is 0.262. The van der Waals surface area contributed by atoms with Crippen molar-refractivity contribution in [3.05, 3.63) is 66.5 Å². The molecule has 43 heavy (non-hydrogen) atoms. The molecule has 6 rings (SSSR count). The number of urea groups is 1. The van der Waals surface area contributed by atoms with Crippen molar-refractivity contribution in [2.45, 2.75) is 19.3 Å². The number of hydrogen-bond donors (Lipinski definition) is 4. The molecule has 3 aromatic carbocycles. The zero-order chi connectivity index (χ0) is 29.6. The van der Waals surface area contributed by atoms with Crippen LogP contribution in [0.25, 0.3) is 21.1 Å². The third kappa shape index (κ3) is 6.74. The number of nitriles is 1. The first-order valence-corrected chi connectivity index (χ1v) is 14.8. The molecular formula is C31H30N8O3S. The highest BCUT2D eigenvalue weighted by Gasteiger charge is 2.16. The predicted molar refractivity (Wildman–Crippen MR) is 168 cm³/mol. The highest BCUT2D eigenvalue weighted by Crippen LogP contribution is 2.36. The van der Waals surface area contributed by atoms with E-state index in [9.17, 15) is 4.79 Å². The maximum atomic E-state index is 12.5. The van der Waals surface area contributed by atoms with E-state index in [1.807, 2.05) is 24.3 Å². The second-order valence-electron chi connectivity index (χ2n) is 10.2. The summed E-state index contributed by atoms with van der Waals surface area (Å²) in [5.74, 6) is 2.60. The molecule has 5 aromatic rings. The molecular weight excluding hydrogens is 564 g/mol. The summed E-state index contributed by atoms with van der Waals surface area (Å²) in [6.45, 7) is 2.82. The molecule has 2 amide bonds. The van der Waals surface area contributed by atoms with Gasteiger partial charge in [0.25, 0.3) is 0 Å². The quantitative estimate of drug-likeness (QED) is 0.137. The summed E-state index contributed by atoms with van der Waals surface area (Å²) in [6, 6.07) is 17.6. The molecule has 1 unspecified atom stereocenters. The van der Waals surface area contributed by atoms with Crippen LogP contribution in [0.3, 0.4) is 0 Å². The Morgan fingerprint density at radius 2 is 1.98 bits per heavy atom. The van der Waals surface area contributed by atoms with E-state index >= 15 is 0 Å². The van der Waals surface area contributed by atoms with Crippen LogP contribution < -0.4 is 30.7 Å². The van der Waals surface area contributed by atoms with Gasteiger partial charge in [0, 0.05) is 22.8 Å². The summed E-state index contributed by atoms with van der Waals surface area (Å²) in [5, 5.41) is 22.8. The van der Waals surface area contributed by atoms with E-state index in [2.05, 4.69) is 37.3 Å². The fourth-order valence-electron chi connectivity index (χ4n) is 5.07. The van der Waals surface area contributed by atoms with Crippen molar-refractivity contribution in [2.24, 2.45) is 5.92 Å². The van der Waals surface area contributed by atoms with Crippen LogP contribution in [0.15, 0.2) is 60.9 Å². The Morgan fingerprint density at radius 1 is 1.09 bits per heavy atom. The molecule has 4 N–H and O–H groups in total. The summed E-state index contributed by atoms with van der Waals surface area (Å²) >= 11 is 1.44. The molecule has 2 aromatic heterocycles. The minimum absolute atomic E-state index is 0.409. The molecule has 11 nitrogen and oxygen atoms in total. The van der Waals surface area contributed by atoms with E-state index < -0.39 is 6.03 Å². The number of nitrogens with one attached hydrogen (secondary N) is 4. The van der Waals surface area contributed by atoms with E-state index in [1.165, 1.54) is 24.1 Å². The third-order valence-electron chi connectivity index (χ3n) is 7.22. The third-order valence-corrected chi connectivity index (χ3v) is 8.15. The number of carbonyl (C=O) groups is 1. The van der Waals surface area contributed by atoms with Crippen molar-refractivity contribution in [2.75, 3.05) is 42.8 Å². The number of aromatic nitrogens is 3. The number of amides is 2. The van der Waals surface area contributed by atoms with Gasteiger partial charge in [0.2, 0.25) is 0 Å². The number of anilines is 4. The van der Waals surface area contributed by atoms with Gasteiger partial charge in [0.15, 0.2) is 16.6 Å². The smallest absolute Gasteiger partial charge is 0.323 e. The second-order valence-corrected chi connectivity index (χ2v) is 11.2. The van der Waals surface area contributed by atoms with Crippen LogP contribution in [0, 0.1) is 17.2 Å². The van der Waals surface area contributed by atoms with Gasteiger partial charge in [-0.2, -0.15) is 5.26 Å². The number of methoxy groups -OCH3 is 1. The fourth-order valence-corrected chi connectivity index (χ4v) is 5.97. The molecule has 0 radical (unpaired) electrons. The molecule has 1 fully saturated rings. The van der Waals surface area contributed by atoms with Crippen LogP contribution in [0.1, 0.15) is 24.8 Å². The molecule has 1 aliphatic heterocycles. The van der Waals surface area contributed by atoms with Crippen LogP contribution in [-0.2, 0) is 0 Å². The molecule has 1 aliphatic rings. The van der Waals surface area contributed by atoms with Gasteiger partial charge >= 0.3 is 6.03 Å². The second kappa shape index (κ2) is 12.9. The Morgan fingerprint density at radius 3 is 2.79 bits per heavy atom. The molecule has 12 heteroatoms. The molecule has 0 aliphatic carbocycles. The number of fused-ring (bicyclic) bond motifs is 2. The summed E-state index contributed by atoms with van der Waals surface area (Å²) in [4.78, 5) is 26.1. The van der Waals surface area contributed by atoms with Gasteiger partial charge in [0.1, 0.15) is 12.1 Å². The predicted octanol–water partition coefficient (Wildman–Crippen LogP) is 6.28. The average Bonchev–Trinajstić information content (AvgIpc) is 3.68. The van der Waals surface area contributed by atoms with Crippen LogP contribution >= 0.6 is 11.3 Å². The van der Waals surface area contributed by atoms with E-state index in [0.29, 0.717) is 46.0 Å². The first kappa shape index (κ1) is 28.1. The van der Waals surface area contributed by atoms with Crippen molar-refractivity contribution >= 4 is 60.8 Å². The normalized spacial score (nSPS) is 14.4. The number of rotatable bonds is 10. The number of ether oxygens (including phenoxy) is 2. The first-order valence-electron chi connectivity index (χ1n) is 14.0. The Hall–Kier alpha value is -4.99. The number of carbonyl (C=O) groups excluding carboxylic acids is 1. The van der Waals surface area contributed by atoms with E-state index in [-0.39, 0.29) is 0 Å². The van der Waals surface area contributed by atoms with Crippen molar-refractivity contribution < 1.29 is 14.3 Å². The maximum Gasteiger partial charge on any atom is 0.323 e. The first-order chi connectivity index (χ1) is 21.1. The Balaban J connectivity index is 1.14. The summed E-state index contributed by atoms with van der Waals surface area (Å²) in [5.41, 5.74) is 3.12. The number of benzene rings is 3. The number of nitrogens with zero attached hydrogens (tertiary/aromatic N) is 4. The zero-order valence-corrected chi connectivity index (χ0v) is 24.3. The fraction of sp³-hybridized carbons (Fsp3) is 0.258. The monoisotopic (exact) mass is 594 g/mol. The molecule has 1 atom stereocenters. The largest absolute Gasteiger partial charge is 0.493 e. The Kier molecular flexibility index (Phi) is 8.44. The summed E-state index contributed by atoms with van der Waals surface area (Å²) in [7, 11) is 1.62. The molecule has 3 heterocycles. The molecule has 0 spiro atoms. The molecule has 1 saturated heterocycles. The van der Waals surface area contributed by atoms with Crippen molar-refractivity contribution in [3.63, 3.8) is 0 Å². The van der Waals surface area contributed by atoms with Crippen LogP contribution in [-0.4, -0.2) is 47.8 Å². The topological polar surface area (TPSA) is 146 Å². The minimum atomic E-state index is -0.409. The SMILES string of the molecule is COc1cc2c(Nc3nc4ccc(NC(=O)Nc5cccc(C#N)c5)cc4s3)ncnc2cc1OCCCC1CCNC1. The lowest BCUT2D eigenvalue weighted by atomic mass is 10.0. The van der Waals surface area contributed by atoms with Crippen LogP contribution in [0.2, 0.25) is 0 Å². The van der Waals surface area contributed by atoms with Gasteiger partial charge in [-0.05, 0) is 80.7 Å². The molecule has 218 valence electrons. The van der Waals surface area contributed by atoms with Gasteiger partial charge in [0.05, 0.1) is 41.1 Å². The van der Waals surface area contributed by atoms with Crippen molar-refractivity contribution in [3.8, 4) is 17.6 Å². The maximum absolute atomic E-state index is 12.5. The summed E-state index contributed by atoms with van der Waals surface area (Å²) < 4.78 is 12.6. The van der Waals surface area contributed by atoms with Crippen molar-refractivity contribution in [1.82, 2.24) is 20.3 Å².